The van der Waals surface area contributed by atoms with E-state index in [2.05, 4.69) is 4.98 Å². The fourth-order valence-electron chi connectivity index (χ4n) is 3.89. The Morgan fingerprint density at radius 2 is 1.97 bits per heavy atom. The lowest BCUT2D eigenvalue weighted by molar-refractivity contribution is -0.136. The normalized spacial score (nSPS) is 18.0. The molecule has 0 N–H and O–H groups in total. The highest BCUT2D eigenvalue weighted by Gasteiger charge is 2.34. The highest BCUT2D eigenvalue weighted by molar-refractivity contribution is 7.91. The molecule has 0 unspecified atom stereocenters. The van der Waals surface area contributed by atoms with Crippen molar-refractivity contribution in [3.05, 3.63) is 41.1 Å². The quantitative estimate of drug-likeness (QED) is 0.669. The number of aromatic nitrogens is 1. The average molecular weight is 419 g/mol. The molecule has 2 heterocycles. The Hall–Kier alpha value is -2.48. The Balaban J connectivity index is 1.74. The summed E-state index contributed by atoms with van der Waals surface area (Å²) in [5.41, 5.74) is 2.47. The van der Waals surface area contributed by atoms with Crippen molar-refractivity contribution < 1.29 is 22.7 Å². The molecule has 0 radical (unpaired) electrons. The molecule has 1 aliphatic heterocycles. The van der Waals surface area contributed by atoms with Gasteiger partial charge < -0.3 is 9.64 Å². The number of hydrogen-bond donors (Lipinski definition) is 0. The Labute approximate surface area is 171 Å². The molecule has 7 nitrogen and oxygen atoms in total. The summed E-state index contributed by atoms with van der Waals surface area (Å²) < 4.78 is 28.9. The number of benzene rings is 1. The summed E-state index contributed by atoms with van der Waals surface area (Å²) in [4.78, 5) is 31.4. The van der Waals surface area contributed by atoms with Gasteiger partial charge in [-0.25, -0.2) is 13.2 Å². The highest BCUT2D eigenvalue weighted by Crippen LogP contribution is 2.23. The summed E-state index contributed by atoms with van der Waals surface area (Å²) in [5.74, 6) is -0.903. The van der Waals surface area contributed by atoms with Gasteiger partial charge in [0.25, 0.3) is 5.91 Å². The monoisotopic (exact) mass is 418 g/mol. The van der Waals surface area contributed by atoms with Crippen LogP contribution in [0.5, 0.6) is 0 Å². The van der Waals surface area contributed by atoms with Gasteiger partial charge in [-0.15, -0.1) is 0 Å². The van der Waals surface area contributed by atoms with Gasteiger partial charge in [0.05, 0.1) is 28.3 Å². The van der Waals surface area contributed by atoms with Crippen molar-refractivity contribution in [3.8, 4) is 0 Å². The molecule has 0 saturated carbocycles. The second kappa shape index (κ2) is 8.49. The number of sulfone groups is 1. The van der Waals surface area contributed by atoms with E-state index in [0.717, 1.165) is 16.5 Å². The number of hydrogen-bond acceptors (Lipinski definition) is 6. The first kappa shape index (κ1) is 21.2. The predicted octanol–water partition coefficient (Wildman–Crippen LogP) is 2.43. The van der Waals surface area contributed by atoms with E-state index in [4.69, 9.17) is 4.74 Å². The fourth-order valence-corrected chi connectivity index (χ4v) is 5.62. The number of esters is 1. The molecule has 1 aromatic carbocycles. The smallest absolute Gasteiger partial charge is 0.340 e. The van der Waals surface area contributed by atoms with E-state index in [0.29, 0.717) is 30.6 Å². The third-order valence-corrected chi connectivity index (χ3v) is 7.05. The SMILES string of the molecule is CCCN(C(=O)COC(=O)c1c(C)nc2ccccc2c1C)[C@@H]1CCS(=O)(=O)C1. The van der Waals surface area contributed by atoms with E-state index in [1.54, 1.807) is 6.92 Å². The average Bonchev–Trinajstić information content (AvgIpc) is 3.03. The molecule has 1 amide bonds. The van der Waals surface area contributed by atoms with Crippen LogP contribution in [0, 0.1) is 13.8 Å². The van der Waals surface area contributed by atoms with Crippen LogP contribution in [-0.4, -0.2) is 60.9 Å². The van der Waals surface area contributed by atoms with Crippen molar-refractivity contribution in [2.75, 3.05) is 24.7 Å². The molecular weight excluding hydrogens is 392 g/mol. The van der Waals surface area contributed by atoms with Gasteiger partial charge in [-0.2, -0.15) is 0 Å². The minimum absolute atomic E-state index is 0.0283. The van der Waals surface area contributed by atoms with Crippen LogP contribution in [0.15, 0.2) is 24.3 Å². The maximum absolute atomic E-state index is 12.7. The first-order valence-corrected chi connectivity index (χ1v) is 11.6. The molecule has 8 heteroatoms. The molecule has 0 aliphatic carbocycles. The van der Waals surface area contributed by atoms with Crippen molar-refractivity contribution in [1.29, 1.82) is 0 Å². The summed E-state index contributed by atoms with van der Waals surface area (Å²) >= 11 is 0. The summed E-state index contributed by atoms with van der Waals surface area (Å²) in [7, 11) is -3.11. The molecule has 0 bridgehead atoms. The minimum Gasteiger partial charge on any atom is -0.452 e. The molecule has 156 valence electrons. The van der Waals surface area contributed by atoms with Crippen molar-refractivity contribution in [2.45, 2.75) is 39.7 Å². The van der Waals surface area contributed by atoms with Crippen molar-refractivity contribution >= 4 is 32.6 Å². The highest BCUT2D eigenvalue weighted by atomic mass is 32.2. The number of pyridine rings is 1. The number of ether oxygens (including phenoxy) is 1. The molecular formula is C21H26N2O5S. The lowest BCUT2D eigenvalue weighted by atomic mass is 10.0. The zero-order chi connectivity index (χ0) is 21.2. The third-order valence-electron chi connectivity index (χ3n) is 5.30. The largest absolute Gasteiger partial charge is 0.452 e. The number of para-hydroxylation sites is 1. The van der Waals surface area contributed by atoms with Gasteiger partial charge in [-0.1, -0.05) is 25.1 Å². The zero-order valence-electron chi connectivity index (χ0n) is 17.0. The van der Waals surface area contributed by atoms with E-state index < -0.39 is 22.4 Å². The molecule has 1 fully saturated rings. The Bertz CT molecular complexity index is 1050. The Morgan fingerprint density at radius 3 is 2.62 bits per heavy atom. The van der Waals surface area contributed by atoms with Crippen molar-refractivity contribution in [2.24, 2.45) is 0 Å². The van der Waals surface area contributed by atoms with Crippen LogP contribution >= 0.6 is 0 Å². The zero-order valence-corrected chi connectivity index (χ0v) is 17.8. The van der Waals surface area contributed by atoms with Crippen molar-refractivity contribution in [3.63, 3.8) is 0 Å². The van der Waals surface area contributed by atoms with Crippen LogP contribution in [0.4, 0.5) is 0 Å². The Morgan fingerprint density at radius 1 is 1.24 bits per heavy atom. The molecule has 0 spiro atoms. The van der Waals surface area contributed by atoms with Crippen LogP contribution in [0.25, 0.3) is 10.9 Å². The number of rotatable bonds is 6. The number of carbonyl (C=O) groups excluding carboxylic acids is 2. The van der Waals surface area contributed by atoms with Gasteiger partial charge in [0, 0.05) is 18.0 Å². The lowest BCUT2D eigenvalue weighted by Gasteiger charge is -2.27. The van der Waals surface area contributed by atoms with E-state index >= 15 is 0 Å². The molecule has 29 heavy (non-hydrogen) atoms. The van der Waals surface area contributed by atoms with Gasteiger partial charge in [0.1, 0.15) is 0 Å². The summed E-state index contributed by atoms with van der Waals surface area (Å²) in [6.07, 6.45) is 1.12. The van der Waals surface area contributed by atoms with Crippen LogP contribution < -0.4 is 0 Å². The number of amides is 1. The standard InChI is InChI=1S/C21H26N2O5S/c1-4-10-23(16-9-11-29(26,27)13-16)19(24)12-28-21(25)20-14(2)17-7-5-6-8-18(17)22-15(20)3/h5-8,16H,4,9-13H2,1-3H3/t16-/m1/s1. The second-order valence-electron chi connectivity index (χ2n) is 7.43. The van der Waals surface area contributed by atoms with E-state index in [1.807, 2.05) is 38.1 Å². The molecule has 1 aromatic heterocycles. The van der Waals surface area contributed by atoms with Gasteiger partial charge in [0.15, 0.2) is 16.4 Å². The van der Waals surface area contributed by atoms with Crippen LogP contribution in [0.2, 0.25) is 0 Å². The molecule has 2 aromatic rings. The number of aryl methyl sites for hydroxylation is 2. The van der Waals surface area contributed by atoms with Crippen LogP contribution in [0.1, 0.15) is 41.4 Å². The van der Waals surface area contributed by atoms with E-state index in [9.17, 15) is 18.0 Å². The van der Waals surface area contributed by atoms with Crippen molar-refractivity contribution in [1.82, 2.24) is 9.88 Å². The number of nitrogens with zero attached hydrogens (tertiary/aromatic N) is 2. The van der Waals surface area contributed by atoms with Gasteiger partial charge in [0.2, 0.25) is 0 Å². The van der Waals surface area contributed by atoms with E-state index in [1.165, 1.54) is 4.90 Å². The summed E-state index contributed by atoms with van der Waals surface area (Å²) in [6.45, 7) is 5.52. The number of carbonyl (C=O) groups is 2. The topological polar surface area (TPSA) is 93.6 Å². The van der Waals surface area contributed by atoms with Crippen LogP contribution in [-0.2, 0) is 19.4 Å². The van der Waals surface area contributed by atoms with Gasteiger partial charge >= 0.3 is 5.97 Å². The minimum atomic E-state index is -3.11. The van der Waals surface area contributed by atoms with Gasteiger partial charge in [-0.3, -0.25) is 9.78 Å². The predicted molar refractivity (Wildman–Crippen MR) is 111 cm³/mol. The molecule has 1 aliphatic rings. The van der Waals surface area contributed by atoms with Gasteiger partial charge in [-0.05, 0) is 38.3 Å². The Kier molecular flexibility index (Phi) is 6.21. The lowest BCUT2D eigenvalue weighted by Crippen LogP contribution is -2.43. The third kappa shape index (κ3) is 4.58. The summed E-state index contributed by atoms with van der Waals surface area (Å²) in [6, 6.07) is 7.19. The molecule has 3 rings (SSSR count). The first-order valence-electron chi connectivity index (χ1n) is 9.76. The molecule has 1 saturated heterocycles. The fraction of sp³-hybridized carbons (Fsp3) is 0.476. The first-order chi connectivity index (χ1) is 13.7. The van der Waals surface area contributed by atoms with E-state index in [-0.39, 0.29) is 23.5 Å². The summed E-state index contributed by atoms with van der Waals surface area (Å²) in [5, 5.41) is 0.861. The van der Waals surface area contributed by atoms with Crippen LogP contribution in [0.3, 0.4) is 0 Å². The molecule has 1 atom stereocenters. The maximum atomic E-state index is 12.7. The maximum Gasteiger partial charge on any atom is 0.340 e. The number of fused-ring (bicyclic) bond motifs is 1. The second-order valence-corrected chi connectivity index (χ2v) is 9.66.